The first-order valence-electron chi connectivity index (χ1n) is 3.67. The maximum atomic E-state index is 10.00. The number of carboxylic acid groups (broad SMARTS) is 1. The van der Waals surface area contributed by atoms with E-state index < -0.39 is 5.97 Å². The van der Waals surface area contributed by atoms with Crippen LogP contribution in [0.4, 0.5) is 0 Å². The number of para-hydroxylation sites is 1. The summed E-state index contributed by atoms with van der Waals surface area (Å²) in [6.45, 7) is 0.159. The summed E-state index contributed by atoms with van der Waals surface area (Å²) in [4.78, 5) is 10.00. The van der Waals surface area contributed by atoms with Gasteiger partial charge >= 0.3 is 51.4 Å². The molecule has 1 rings (SSSR count). The standard InChI is InChI=1S/C9H10O3.K/c10-9(11)6-7-12-8-4-2-1-3-5-8;/h1-5H,6-7H2,(H,10,11);/q;+1/p-1. The molecule has 0 aliphatic rings. The quantitative estimate of drug-likeness (QED) is 0.498. The fraction of sp³-hybridized carbons (Fsp3) is 0.222. The molecular formula is C9H9KO3. The van der Waals surface area contributed by atoms with Crippen LogP contribution in [0, 0.1) is 0 Å². The van der Waals surface area contributed by atoms with Crippen molar-refractivity contribution in [3.63, 3.8) is 0 Å². The molecule has 0 amide bonds. The van der Waals surface area contributed by atoms with E-state index in [1.807, 2.05) is 18.2 Å². The Morgan fingerprint density at radius 1 is 1.31 bits per heavy atom. The summed E-state index contributed by atoms with van der Waals surface area (Å²) in [5, 5.41) is 10.00. The third kappa shape index (κ3) is 6.23. The van der Waals surface area contributed by atoms with Crippen molar-refractivity contribution < 1.29 is 66.0 Å². The van der Waals surface area contributed by atoms with Crippen LogP contribution in [-0.4, -0.2) is 12.6 Å². The van der Waals surface area contributed by atoms with E-state index in [-0.39, 0.29) is 64.4 Å². The molecular weight excluding hydrogens is 195 g/mol. The van der Waals surface area contributed by atoms with E-state index in [0.29, 0.717) is 5.75 Å². The van der Waals surface area contributed by atoms with Crippen molar-refractivity contribution in [2.75, 3.05) is 6.61 Å². The molecule has 1 aromatic rings. The number of ether oxygens (including phenoxy) is 1. The van der Waals surface area contributed by atoms with E-state index in [4.69, 9.17) is 4.74 Å². The summed E-state index contributed by atoms with van der Waals surface area (Å²) < 4.78 is 5.10. The molecule has 0 saturated heterocycles. The molecule has 64 valence electrons. The van der Waals surface area contributed by atoms with Gasteiger partial charge in [-0.05, 0) is 12.1 Å². The maximum Gasteiger partial charge on any atom is 1.00 e. The first-order valence-corrected chi connectivity index (χ1v) is 3.67. The monoisotopic (exact) mass is 204 g/mol. The van der Waals surface area contributed by atoms with E-state index in [9.17, 15) is 9.90 Å². The number of hydrogen-bond donors (Lipinski definition) is 0. The van der Waals surface area contributed by atoms with E-state index in [2.05, 4.69) is 0 Å². The predicted molar refractivity (Wildman–Crippen MR) is 41.6 cm³/mol. The second kappa shape index (κ2) is 7.52. The smallest absolute Gasteiger partial charge is 0.550 e. The zero-order chi connectivity index (χ0) is 8.81. The van der Waals surface area contributed by atoms with Gasteiger partial charge in [0.15, 0.2) is 0 Å². The molecule has 0 saturated carbocycles. The largest absolute Gasteiger partial charge is 1.00 e. The molecule has 0 fully saturated rings. The Morgan fingerprint density at radius 3 is 2.46 bits per heavy atom. The van der Waals surface area contributed by atoms with E-state index in [1.165, 1.54) is 0 Å². The van der Waals surface area contributed by atoms with E-state index in [1.54, 1.807) is 12.1 Å². The molecule has 0 heterocycles. The number of benzene rings is 1. The number of hydrogen-bond acceptors (Lipinski definition) is 3. The predicted octanol–water partition coefficient (Wildman–Crippen LogP) is -2.79. The minimum absolute atomic E-state index is 0. The van der Waals surface area contributed by atoms with Gasteiger partial charge in [0.2, 0.25) is 0 Å². The summed E-state index contributed by atoms with van der Waals surface area (Å²) in [5.41, 5.74) is 0. The van der Waals surface area contributed by atoms with Crippen molar-refractivity contribution >= 4 is 5.97 Å². The molecule has 13 heavy (non-hydrogen) atoms. The number of carbonyl (C=O) groups excluding carboxylic acids is 1. The fourth-order valence-corrected chi connectivity index (χ4v) is 0.769. The van der Waals surface area contributed by atoms with Crippen LogP contribution >= 0.6 is 0 Å². The normalized spacial score (nSPS) is 8.62. The van der Waals surface area contributed by atoms with Crippen LogP contribution in [0.3, 0.4) is 0 Å². The molecule has 0 radical (unpaired) electrons. The van der Waals surface area contributed by atoms with Gasteiger partial charge in [0.1, 0.15) is 5.75 Å². The third-order valence-corrected chi connectivity index (χ3v) is 1.32. The summed E-state index contributed by atoms with van der Waals surface area (Å²) >= 11 is 0. The zero-order valence-electron chi connectivity index (χ0n) is 7.53. The Morgan fingerprint density at radius 2 is 1.92 bits per heavy atom. The van der Waals surface area contributed by atoms with Crippen LogP contribution in [0.2, 0.25) is 0 Å². The van der Waals surface area contributed by atoms with Gasteiger partial charge in [-0.15, -0.1) is 0 Å². The van der Waals surface area contributed by atoms with Crippen LogP contribution in [0.15, 0.2) is 30.3 Å². The molecule has 1 aromatic carbocycles. The number of rotatable bonds is 4. The molecule has 0 N–H and O–H groups in total. The van der Waals surface area contributed by atoms with Crippen molar-refractivity contribution in [2.45, 2.75) is 6.42 Å². The number of aliphatic carboxylic acids is 1. The van der Waals surface area contributed by atoms with Gasteiger partial charge in [-0.1, -0.05) is 18.2 Å². The Balaban J connectivity index is 0.00000144. The van der Waals surface area contributed by atoms with Crippen LogP contribution in [0.25, 0.3) is 0 Å². The summed E-state index contributed by atoms with van der Waals surface area (Å²) in [6.07, 6.45) is -0.0745. The van der Waals surface area contributed by atoms with Crippen molar-refractivity contribution in [1.29, 1.82) is 0 Å². The first kappa shape index (κ1) is 13.1. The average Bonchev–Trinajstić information content (AvgIpc) is 2.05. The van der Waals surface area contributed by atoms with Gasteiger partial charge in [0, 0.05) is 12.4 Å². The second-order valence-electron chi connectivity index (χ2n) is 2.28. The Labute approximate surface area is 120 Å². The third-order valence-electron chi connectivity index (χ3n) is 1.32. The number of carbonyl (C=O) groups is 1. The second-order valence-corrected chi connectivity index (χ2v) is 2.28. The minimum atomic E-state index is -1.09. The Kier molecular flexibility index (Phi) is 7.60. The van der Waals surface area contributed by atoms with Gasteiger partial charge in [-0.25, -0.2) is 0 Å². The molecule has 4 heteroatoms. The van der Waals surface area contributed by atoms with Crippen molar-refractivity contribution in [3.8, 4) is 5.75 Å². The van der Waals surface area contributed by atoms with Gasteiger partial charge in [-0.3, -0.25) is 0 Å². The van der Waals surface area contributed by atoms with Crippen LogP contribution in [0.5, 0.6) is 5.75 Å². The molecule has 0 spiro atoms. The molecule has 0 aliphatic carbocycles. The van der Waals surface area contributed by atoms with Gasteiger partial charge < -0.3 is 14.6 Å². The average molecular weight is 204 g/mol. The molecule has 0 unspecified atom stereocenters. The molecule has 0 aromatic heterocycles. The fourth-order valence-electron chi connectivity index (χ4n) is 0.769. The van der Waals surface area contributed by atoms with Gasteiger partial charge in [0.05, 0.1) is 6.61 Å². The zero-order valence-corrected chi connectivity index (χ0v) is 10.6. The van der Waals surface area contributed by atoms with Crippen LogP contribution in [0.1, 0.15) is 6.42 Å². The van der Waals surface area contributed by atoms with E-state index in [0.717, 1.165) is 0 Å². The van der Waals surface area contributed by atoms with E-state index >= 15 is 0 Å². The van der Waals surface area contributed by atoms with Gasteiger partial charge in [-0.2, -0.15) is 0 Å². The maximum absolute atomic E-state index is 10.00. The Hall–Kier alpha value is 0.126. The molecule has 0 aliphatic heterocycles. The van der Waals surface area contributed by atoms with Crippen molar-refractivity contribution in [2.24, 2.45) is 0 Å². The molecule has 0 bridgehead atoms. The van der Waals surface area contributed by atoms with Gasteiger partial charge in [0.25, 0.3) is 0 Å². The number of carboxylic acids is 1. The molecule has 3 nitrogen and oxygen atoms in total. The summed E-state index contributed by atoms with van der Waals surface area (Å²) in [6, 6.07) is 9.07. The van der Waals surface area contributed by atoms with Crippen LogP contribution in [-0.2, 0) is 4.79 Å². The van der Waals surface area contributed by atoms with Crippen molar-refractivity contribution in [3.05, 3.63) is 30.3 Å². The van der Waals surface area contributed by atoms with Crippen molar-refractivity contribution in [1.82, 2.24) is 0 Å². The Bertz CT molecular complexity index is 248. The SMILES string of the molecule is O=C([O-])CCOc1ccccc1.[K+]. The summed E-state index contributed by atoms with van der Waals surface area (Å²) in [7, 11) is 0. The minimum Gasteiger partial charge on any atom is -0.550 e. The topological polar surface area (TPSA) is 49.4 Å². The molecule has 0 atom stereocenters. The van der Waals surface area contributed by atoms with Crippen LogP contribution < -0.4 is 61.2 Å². The first-order chi connectivity index (χ1) is 5.79. The summed E-state index contributed by atoms with van der Waals surface area (Å²) in [5.74, 6) is -0.412.